The molecule has 0 spiro atoms. The first-order valence-electron chi connectivity index (χ1n) is 18.3. The molecule has 2 aliphatic rings. The zero-order valence-corrected chi connectivity index (χ0v) is 44.7. The molecule has 16 heteroatoms. The van der Waals surface area contributed by atoms with Crippen molar-refractivity contribution in [3.63, 3.8) is 0 Å². The molecular formula is C44H30Br8N8+4. The fraction of sp³-hybridized carbons (Fsp3) is 0.0909. The monoisotopic (exact) mass is 1300 g/mol. The number of pyridine rings is 4. The molecule has 8 bridgehead atoms. The predicted octanol–water partition coefficient (Wildman–Crippen LogP) is 12.4. The summed E-state index contributed by atoms with van der Waals surface area (Å²) in [6, 6.07) is 16.9. The lowest BCUT2D eigenvalue weighted by Gasteiger charge is -2.10. The molecule has 9 rings (SSSR count). The Morgan fingerprint density at radius 2 is 0.633 bits per heavy atom. The lowest BCUT2D eigenvalue weighted by Crippen LogP contribution is -2.25. The van der Waals surface area contributed by atoms with E-state index < -0.39 is 0 Å². The highest BCUT2D eigenvalue weighted by atomic mass is 79.9. The van der Waals surface area contributed by atoms with E-state index in [2.05, 4.69) is 221 Å². The summed E-state index contributed by atoms with van der Waals surface area (Å²) in [5.74, 6) is 0. The second kappa shape index (κ2) is 16.6. The van der Waals surface area contributed by atoms with Crippen LogP contribution in [0.15, 0.2) is 116 Å². The summed E-state index contributed by atoms with van der Waals surface area (Å²) in [4.78, 5) is 11.2. The Morgan fingerprint density at radius 3 is 0.917 bits per heavy atom. The summed E-state index contributed by atoms with van der Waals surface area (Å²) in [5.41, 5.74) is 14.0. The summed E-state index contributed by atoms with van der Waals surface area (Å²) in [5, 5.41) is 0. The standard InChI is InChI=1S/C44H30Br8N8/c1-55-15-7-23(8-16-55)29-27-5-6-28(53-27)30(24-9-17-56(2)18-10-24)42-36(48)38(50)44(60(42)52)32(26-13-21-58(4)22-14-26)40-34(46)33(45)39(54-40)31(25-11-19-57(3)20-12-25)43-37(49)35(47)41(29)59(43)51/h5-22H,1-4H3/q+4. The summed E-state index contributed by atoms with van der Waals surface area (Å²) in [7, 11) is 8.06. The predicted molar refractivity (Wildman–Crippen MR) is 268 cm³/mol. The van der Waals surface area contributed by atoms with Gasteiger partial charge in [-0.05, 0) is 130 Å². The van der Waals surface area contributed by atoms with Gasteiger partial charge in [0, 0.05) is 70.8 Å². The summed E-state index contributed by atoms with van der Waals surface area (Å²) in [6.45, 7) is 0. The third-order valence-corrected chi connectivity index (χ3v) is 18.1. The van der Waals surface area contributed by atoms with Crippen LogP contribution >= 0.6 is 128 Å². The number of nitrogens with zero attached hydrogens (tertiary/aromatic N) is 8. The van der Waals surface area contributed by atoms with Crippen LogP contribution in [0.1, 0.15) is 22.8 Å². The molecule has 0 aliphatic carbocycles. The lowest BCUT2D eigenvalue weighted by atomic mass is 10.0. The topological polar surface area (TPSA) is 51.2 Å². The molecule has 0 radical (unpaired) electrons. The summed E-state index contributed by atoms with van der Waals surface area (Å²) in [6.07, 6.45) is 20.6. The first kappa shape index (κ1) is 42.3. The number of aromatic nitrogens is 8. The third-order valence-electron chi connectivity index (χ3n) is 10.5. The van der Waals surface area contributed by atoms with Crippen molar-refractivity contribution in [3.8, 4) is 44.5 Å². The lowest BCUT2D eigenvalue weighted by molar-refractivity contribution is -0.671. The first-order chi connectivity index (χ1) is 28.7. The molecule has 0 aromatic carbocycles. The van der Waals surface area contributed by atoms with E-state index in [4.69, 9.17) is 9.97 Å². The quantitative estimate of drug-likeness (QED) is 0.165. The van der Waals surface area contributed by atoms with Crippen LogP contribution in [0, 0.1) is 0 Å². The van der Waals surface area contributed by atoms with Crippen molar-refractivity contribution in [2.75, 3.05) is 0 Å². The Bertz CT molecular complexity index is 2980. The third kappa shape index (κ3) is 7.14. The van der Waals surface area contributed by atoms with Gasteiger partial charge >= 0.3 is 0 Å². The molecule has 7 aromatic rings. The number of rotatable bonds is 4. The number of hydrogen-bond donors (Lipinski definition) is 0. The second-order valence-corrected chi connectivity index (χ2v) is 20.6. The maximum atomic E-state index is 5.62. The molecule has 0 saturated heterocycles. The molecule has 0 saturated carbocycles. The minimum absolute atomic E-state index is 0.740. The van der Waals surface area contributed by atoms with E-state index in [1.54, 1.807) is 0 Å². The van der Waals surface area contributed by atoms with Gasteiger partial charge in [0.25, 0.3) is 0 Å². The van der Waals surface area contributed by atoms with Gasteiger partial charge in [0.05, 0.1) is 104 Å². The van der Waals surface area contributed by atoms with E-state index >= 15 is 0 Å². The van der Waals surface area contributed by atoms with Crippen molar-refractivity contribution in [2.24, 2.45) is 28.2 Å². The molecule has 0 amide bonds. The number of halogens is 8. The molecule has 7 aromatic heterocycles. The molecule has 2 aliphatic heterocycles. The van der Waals surface area contributed by atoms with E-state index in [0.717, 1.165) is 116 Å². The van der Waals surface area contributed by atoms with E-state index in [1.165, 1.54) is 0 Å². The summed E-state index contributed by atoms with van der Waals surface area (Å²) < 4.78 is 17.2. The van der Waals surface area contributed by atoms with Gasteiger partial charge in [-0.25, -0.2) is 28.2 Å². The van der Waals surface area contributed by atoms with Crippen LogP contribution in [0.2, 0.25) is 0 Å². The average molecular weight is 1310 g/mol. The SMILES string of the molecule is C[n+]1ccc(-c2c3nc(c(-c4cc[n+](C)cc4)c4c(Br)c(Br)c(c(-c5cc[n+](C)cc5)c5nc(c(-c6cc[n+](C)cc6)c6c(Br)c(Br)c2n6Br)C(Br)=C5Br)n4Br)C=C3)cc1. The minimum atomic E-state index is 0.740. The molecule has 298 valence electrons. The van der Waals surface area contributed by atoms with Crippen LogP contribution in [0.3, 0.4) is 0 Å². The molecule has 9 heterocycles. The Kier molecular flexibility index (Phi) is 11.7. The number of fused-ring (bicyclic) bond motifs is 8. The highest BCUT2D eigenvalue weighted by Gasteiger charge is 2.31. The van der Waals surface area contributed by atoms with Crippen LogP contribution in [-0.4, -0.2) is 17.2 Å². The van der Waals surface area contributed by atoms with Gasteiger partial charge in [-0.2, -0.15) is 0 Å². The van der Waals surface area contributed by atoms with Crippen LogP contribution in [0.4, 0.5) is 0 Å². The van der Waals surface area contributed by atoms with Gasteiger partial charge in [0.1, 0.15) is 28.2 Å². The molecule has 8 nitrogen and oxygen atoms in total. The van der Waals surface area contributed by atoms with Gasteiger partial charge in [0.2, 0.25) is 0 Å². The second-order valence-electron chi connectivity index (χ2n) is 14.4. The Hall–Kier alpha value is -2.96. The molecule has 0 atom stereocenters. The summed E-state index contributed by atoms with van der Waals surface area (Å²) >= 11 is 32.7. The highest BCUT2D eigenvalue weighted by molar-refractivity contribution is 9.18. The fourth-order valence-electron chi connectivity index (χ4n) is 7.46. The van der Waals surface area contributed by atoms with Gasteiger partial charge in [-0.15, -0.1) is 0 Å². The van der Waals surface area contributed by atoms with Crippen molar-refractivity contribution < 1.29 is 18.3 Å². The van der Waals surface area contributed by atoms with Crippen molar-refractivity contribution in [1.29, 1.82) is 0 Å². The maximum Gasteiger partial charge on any atom is 0.169 e. The zero-order valence-electron chi connectivity index (χ0n) is 32.0. The highest BCUT2D eigenvalue weighted by Crippen LogP contribution is 2.52. The Labute approximate surface area is 413 Å². The van der Waals surface area contributed by atoms with Crippen LogP contribution in [0.25, 0.3) is 87.7 Å². The van der Waals surface area contributed by atoms with Gasteiger partial charge < -0.3 is 0 Å². The van der Waals surface area contributed by atoms with Crippen LogP contribution < -0.4 is 18.3 Å². The molecular weight excluding hydrogens is 1280 g/mol. The molecule has 0 N–H and O–H groups in total. The number of hydrogen-bond acceptors (Lipinski definition) is 2. The van der Waals surface area contributed by atoms with Crippen molar-refractivity contribution in [3.05, 3.63) is 139 Å². The maximum absolute atomic E-state index is 5.62. The van der Waals surface area contributed by atoms with Gasteiger partial charge in [-0.3, -0.25) is 7.19 Å². The molecule has 60 heavy (non-hydrogen) atoms. The van der Waals surface area contributed by atoms with Crippen molar-refractivity contribution in [1.82, 2.24) is 17.2 Å². The normalized spacial score (nSPS) is 12.5. The van der Waals surface area contributed by atoms with E-state index in [-0.39, 0.29) is 0 Å². The minimum Gasteiger partial charge on any atom is -0.273 e. The van der Waals surface area contributed by atoms with Gasteiger partial charge in [0.15, 0.2) is 49.6 Å². The van der Waals surface area contributed by atoms with Gasteiger partial charge in [-0.1, -0.05) is 0 Å². The Balaban J connectivity index is 1.63. The molecule has 0 unspecified atom stereocenters. The van der Waals surface area contributed by atoms with E-state index in [1.807, 2.05) is 71.2 Å². The van der Waals surface area contributed by atoms with Crippen LogP contribution in [0.5, 0.6) is 0 Å². The Morgan fingerprint density at radius 1 is 0.383 bits per heavy atom. The van der Waals surface area contributed by atoms with Crippen molar-refractivity contribution in [2.45, 2.75) is 0 Å². The first-order valence-corrected chi connectivity index (χ1v) is 24.4. The van der Waals surface area contributed by atoms with E-state index in [0.29, 0.717) is 0 Å². The largest absolute Gasteiger partial charge is 0.273 e. The average Bonchev–Trinajstić information content (AvgIpc) is 3.94. The van der Waals surface area contributed by atoms with E-state index in [9.17, 15) is 0 Å². The van der Waals surface area contributed by atoms with Crippen molar-refractivity contribution >= 4 is 171 Å². The number of aryl methyl sites for hydroxylation is 4. The zero-order chi connectivity index (χ0) is 42.3. The fourth-order valence-corrected chi connectivity index (χ4v) is 13.0. The smallest absolute Gasteiger partial charge is 0.169 e. The van der Waals surface area contributed by atoms with Crippen LogP contribution in [-0.2, 0) is 28.2 Å². The molecule has 0 fully saturated rings.